The summed E-state index contributed by atoms with van der Waals surface area (Å²) >= 11 is 1.01. The summed E-state index contributed by atoms with van der Waals surface area (Å²) < 4.78 is 32.4. The monoisotopic (exact) mass is 456 g/mol. The zero-order valence-electron chi connectivity index (χ0n) is 17.1. The van der Waals surface area contributed by atoms with Crippen LogP contribution in [0.1, 0.15) is 20.3 Å². The van der Waals surface area contributed by atoms with Crippen LogP contribution >= 0.6 is 11.3 Å². The van der Waals surface area contributed by atoms with E-state index < -0.39 is 29.0 Å². The normalized spacial score (nSPS) is 10.8. The fraction of sp³-hybridized carbons (Fsp3) is 0.182. The third-order valence-electron chi connectivity index (χ3n) is 4.22. The average molecular weight is 456 g/mol. The van der Waals surface area contributed by atoms with Crippen molar-refractivity contribution in [2.45, 2.75) is 25.8 Å². The van der Waals surface area contributed by atoms with Gasteiger partial charge in [0.15, 0.2) is 5.13 Å². The summed E-state index contributed by atoms with van der Waals surface area (Å²) in [6, 6.07) is 12.6. The van der Waals surface area contributed by atoms with Gasteiger partial charge in [0.2, 0.25) is 11.0 Å². The van der Waals surface area contributed by atoms with E-state index in [1.54, 1.807) is 6.07 Å². The summed E-state index contributed by atoms with van der Waals surface area (Å²) in [6.45, 7) is 2.98. The second-order valence-corrected chi connectivity index (χ2v) is 8.14. The summed E-state index contributed by atoms with van der Waals surface area (Å²) in [5.41, 5.74) is -0.420. The maximum atomic E-state index is 13.4. The van der Waals surface area contributed by atoms with E-state index in [-0.39, 0.29) is 11.6 Å². The van der Waals surface area contributed by atoms with Gasteiger partial charge in [-0.2, -0.15) is 5.26 Å². The number of anilines is 1. The van der Waals surface area contributed by atoms with Crippen molar-refractivity contribution in [3.63, 3.8) is 0 Å². The first-order valence-corrected chi connectivity index (χ1v) is 10.2. The van der Waals surface area contributed by atoms with E-state index in [1.165, 1.54) is 62.4 Å². The van der Waals surface area contributed by atoms with Crippen molar-refractivity contribution in [3.05, 3.63) is 60.2 Å². The number of hydrogen-bond acceptors (Lipinski definition) is 6. The van der Waals surface area contributed by atoms with Crippen molar-refractivity contribution < 1.29 is 23.1 Å². The Morgan fingerprint density at radius 1 is 1.09 bits per heavy atom. The van der Waals surface area contributed by atoms with Crippen molar-refractivity contribution in [2.75, 3.05) is 5.32 Å². The summed E-state index contributed by atoms with van der Waals surface area (Å²) in [6.07, 6.45) is -0.377. The van der Waals surface area contributed by atoms with Crippen LogP contribution in [0, 0.1) is 23.0 Å². The Labute approximate surface area is 186 Å². The molecule has 0 bridgehead atoms. The molecule has 2 aromatic carbocycles. The Hall–Kier alpha value is -3.84. The van der Waals surface area contributed by atoms with Crippen LogP contribution in [0.3, 0.4) is 0 Å². The number of rotatable bonds is 7. The molecular formula is C22H18F2N4O3S. The number of aromatic nitrogens is 1. The molecule has 0 aliphatic carbocycles. The first-order chi connectivity index (χ1) is 15.2. The molecule has 0 saturated heterocycles. The molecule has 2 N–H and O–H groups in total. The SMILES string of the molecule is CC(C)(NC(=O)CC#N)C(=O)Nc1nc(-c2ccc(F)cc2)c(Oc2ccc(F)cc2)s1. The lowest BCUT2D eigenvalue weighted by atomic mass is 10.0. The minimum atomic E-state index is -1.31. The van der Waals surface area contributed by atoms with Gasteiger partial charge in [-0.15, -0.1) is 0 Å². The quantitative estimate of drug-likeness (QED) is 0.540. The number of amides is 2. The highest BCUT2D eigenvalue weighted by molar-refractivity contribution is 7.18. The lowest BCUT2D eigenvalue weighted by Crippen LogP contribution is -2.52. The first kappa shape index (κ1) is 22.8. The molecule has 3 aromatic rings. The number of nitrogens with one attached hydrogen (secondary N) is 2. The van der Waals surface area contributed by atoms with E-state index in [0.29, 0.717) is 22.1 Å². The Kier molecular flexibility index (Phi) is 6.80. The van der Waals surface area contributed by atoms with Gasteiger partial charge in [0.25, 0.3) is 5.91 Å². The lowest BCUT2D eigenvalue weighted by Gasteiger charge is -2.23. The van der Waals surface area contributed by atoms with E-state index in [4.69, 9.17) is 10.00 Å². The second kappa shape index (κ2) is 9.53. The van der Waals surface area contributed by atoms with Gasteiger partial charge in [0.1, 0.15) is 35.0 Å². The number of carbonyl (C=O) groups excluding carboxylic acids is 2. The second-order valence-electron chi connectivity index (χ2n) is 7.18. The van der Waals surface area contributed by atoms with E-state index in [0.717, 1.165) is 11.3 Å². The number of ether oxygens (including phenoxy) is 1. The van der Waals surface area contributed by atoms with E-state index >= 15 is 0 Å². The molecule has 1 aromatic heterocycles. The van der Waals surface area contributed by atoms with Crippen molar-refractivity contribution in [1.82, 2.24) is 10.3 Å². The van der Waals surface area contributed by atoms with E-state index in [2.05, 4.69) is 15.6 Å². The van der Waals surface area contributed by atoms with Gasteiger partial charge in [-0.1, -0.05) is 11.3 Å². The van der Waals surface area contributed by atoms with Crippen molar-refractivity contribution in [3.8, 4) is 28.1 Å². The minimum absolute atomic E-state index is 0.175. The van der Waals surface area contributed by atoms with Crippen molar-refractivity contribution in [1.29, 1.82) is 5.26 Å². The smallest absolute Gasteiger partial charge is 0.251 e. The largest absolute Gasteiger partial charge is 0.444 e. The molecule has 0 unspecified atom stereocenters. The van der Waals surface area contributed by atoms with Crippen molar-refractivity contribution in [2.24, 2.45) is 0 Å². The van der Waals surface area contributed by atoms with Gasteiger partial charge in [-0.25, -0.2) is 13.8 Å². The Bertz CT molecular complexity index is 1170. The Balaban J connectivity index is 1.89. The molecular weight excluding hydrogens is 438 g/mol. The highest BCUT2D eigenvalue weighted by atomic mass is 32.1. The van der Waals surface area contributed by atoms with E-state index in [9.17, 15) is 18.4 Å². The topological polar surface area (TPSA) is 104 Å². The molecule has 0 saturated carbocycles. The standard InChI is InChI=1S/C22H18F2N4O3S/c1-22(2,28-17(29)11-12-25)20(30)27-21-26-18(13-3-5-14(23)6-4-13)19(32-21)31-16-9-7-15(24)8-10-16/h3-10H,11H2,1-2H3,(H,28,29)(H,26,27,30). The minimum Gasteiger partial charge on any atom is -0.444 e. The molecule has 0 radical (unpaired) electrons. The number of thiazole rings is 1. The molecule has 7 nitrogen and oxygen atoms in total. The predicted molar refractivity (Wildman–Crippen MR) is 115 cm³/mol. The molecule has 164 valence electrons. The molecule has 0 atom stereocenters. The third kappa shape index (κ3) is 5.65. The van der Waals surface area contributed by atoms with Crippen LogP contribution in [0.5, 0.6) is 10.8 Å². The highest BCUT2D eigenvalue weighted by Gasteiger charge is 2.30. The maximum absolute atomic E-state index is 13.4. The fourth-order valence-electron chi connectivity index (χ4n) is 2.60. The van der Waals surface area contributed by atoms with Crippen LogP contribution < -0.4 is 15.4 Å². The van der Waals surface area contributed by atoms with Gasteiger partial charge < -0.3 is 10.1 Å². The molecule has 0 fully saturated rings. The fourth-order valence-corrected chi connectivity index (χ4v) is 3.46. The lowest BCUT2D eigenvalue weighted by molar-refractivity contribution is -0.128. The van der Waals surface area contributed by atoms with E-state index in [1.807, 2.05) is 0 Å². The van der Waals surface area contributed by atoms with Gasteiger partial charge in [0, 0.05) is 5.56 Å². The zero-order chi connectivity index (χ0) is 23.3. The van der Waals surface area contributed by atoms with Gasteiger partial charge >= 0.3 is 0 Å². The molecule has 3 rings (SSSR count). The summed E-state index contributed by atoms with van der Waals surface area (Å²) in [4.78, 5) is 28.8. The molecule has 2 amide bonds. The molecule has 10 heteroatoms. The van der Waals surface area contributed by atoms with Gasteiger partial charge in [0.05, 0.1) is 6.07 Å². The maximum Gasteiger partial charge on any atom is 0.251 e. The number of carbonyl (C=O) groups is 2. The Morgan fingerprint density at radius 2 is 1.69 bits per heavy atom. The van der Waals surface area contributed by atoms with Gasteiger partial charge in [-0.3, -0.25) is 14.9 Å². The number of nitrogens with zero attached hydrogens (tertiary/aromatic N) is 2. The van der Waals surface area contributed by atoms with Crippen LogP contribution in [0.25, 0.3) is 11.3 Å². The number of hydrogen-bond donors (Lipinski definition) is 2. The third-order valence-corrected chi connectivity index (χ3v) is 5.07. The average Bonchev–Trinajstić information content (AvgIpc) is 3.12. The number of benzene rings is 2. The summed E-state index contributed by atoms with van der Waals surface area (Å²) in [7, 11) is 0. The molecule has 0 aliphatic rings. The highest BCUT2D eigenvalue weighted by Crippen LogP contribution is 2.40. The molecule has 1 heterocycles. The Morgan fingerprint density at radius 3 is 2.28 bits per heavy atom. The number of halogens is 2. The first-order valence-electron chi connectivity index (χ1n) is 9.37. The van der Waals surface area contributed by atoms with Gasteiger partial charge in [-0.05, 0) is 62.4 Å². The van der Waals surface area contributed by atoms with Crippen molar-refractivity contribution >= 4 is 28.3 Å². The van der Waals surface area contributed by atoms with Crippen LogP contribution in [0.2, 0.25) is 0 Å². The van der Waals surface area contributed by atoms with Crippen LogP contribution in [-0.4, -0.2) is 22.3 Å². The van der Waals surface area contributed by atoms with Crippen LogP contribution in [0.4, 0.5) is 13.9 Å². The van der Waals surface area contributed by atoms with Crippen LogP contribution in [-0.2, 0) is 9.59 Å². The summed E-state index contributed by atoms with van der Waals surface area (Å²) in [5.74, 6) is -1.64. The summed E-state index contributed by atoms with van der Waals surface area (Å²) in [5, 5.41) is 14.2. The molecule has 0 aliphatic heterocycles. The molecule has 32 heavy (non-hydrogen) atoms. The number of nitriles is 1. The zero-order valence-corrected chi connectivity index (χ0v) is 17.9. The van der Waals surface area contributed by atoms with Crippen LogP contribution in [0.15, 0.2) is 48.5 Å². The predicted octanol–water partition coefficient (Wildman–Crippen LogP) is 4.63. The molecule has 0 spiro atoms.